The van der Waals surface area contributed by atoms with Gasteiger partial charge in [0.2, 0.25) is 5.91 Å². The van der Waals surface area contributed by atoms with E-state index in [1.165, 1.54) is 12.1 Å². The van der Waals surface area contributed by atoms with Gasteiger partial charge in [-0.2, -0.15) is 0 Å². The number of nitrogens with one attached hydrogen (secondary N) is 1. The van der Waals surface area contributed by atoms with E-state index in [0.717, 1.165) is 9.87 Å². The minimum Gasteiger partial charge on any atom is -0.494 e. The summed E-state index contributed by atoms with van der Waals surface area (Å²) in [5.74, 6) is 1.41. The van der Waals surface area contributed by atoms with Crippen LogP contribution in [-0.2, 0) is 14.8 Å². The number of rotatable bonds is 9. The van der Waals surface area contributed by atoms with Gasteiger partial charge in [-0.05, 0) is 62.4 Å². The Labute approximate surface area is 205 Å². The van der Waals surface area contributed by atoms with Gasteiger partial charge < -0.3 is 19.5 Å². The predicted molar refractivity (Wildman–Crippen MR) is 133 cm³/mol. The molecule has 4 rings (SSSR count). The van der Waals surface area contributed by atoms with E-state index in [2.05, 4.69) is 5.32 Å². The van der Waals surface area contributed by atoms with E-state index in [4.69, 9.17) is 14.2 Å². The highest BCUT2D eigenvalue weighted by molar-refractivity contribution is 7.92. The van der Waals surface area contributed by atoms with Gasteiger partial charge in [-0.1, -0.05) is 29.8 Å². The molecule has 3 aromatic carbocycles. The SMILES string of the molecule is CCOc1ccc(N(CC(=O)NC[C@@H]2COc3ccccc3O2)S(=O)(=O)c2ccc(C)cc2)cc1. The summed E-state index contributed by atoms with van der Waals surface area (Å²) < 4.78 is 45.1. The lowest BCUT2D eigenvalue weighted by Gasteiger charge is -2.27. The molecule has 1 aliphatic heterocycles. The molecular formula is C26H28N2O6S. The summed E-state index contributed by atoms with van der Waals surface area (Å²) in [6.07, 6.45) is -0.388. The fourth-order valence-corrected chi connectivity index (χ4v) is 5.03. The standard InChI is InChI=1S/C26H28N2O6S/c1-3-32-21-12-10-20(11-13-21)28(35(30,31)23-14-8-19(2)9-15-23)17-26(29)27-16-22-18-33-24-6-4-5-7-25(24)34-22/h4-15,22H,3,16-18H2,1-2H3,(H,27,29)/t22-/m1/s1. The second-order valence-electron chi connectivity index (χ2n) is 8.05. The number of benzene rings is 3. The number of carbonyl (C=O) groups is 1. The number of hydrogen-bond donors (Lipinski definition) is 1. The molecule has 0 radical (unpaired) electrons. The monoisotopic (exact) mass is 496 g/mol. The van der Waals surface area contributed by atoms with Crippen molar-refractivity contribution in [2.45, 2.75) is 24.8 Å². The van der Waals surface area contributed by atoms with E-state index in [-0.39, 0.29) is 24.2 Å². The molecule has 0 aliphatic carbocycles. The summed E-state index contributed by atoms with van der Waals surface area (Å²) in [5, 5.41) is 2.77. The van der Waals surface area contributed by atoms with Crippen LogP contribution in [0.5, 0.6) is 17.2 Å². The van der Waals surface area contributed by atoms with E-state index >= 15 is 0 Å². The van der Waals surface area contributed by atoms with E-state index in [0.29, 0.717) is 29.5 Å². The van der Waals surface area contributed by atoms with Crippen LogP contribution in [0, 0.1) is 6.92 Å². The van der Waals surface area contributed by atoms with Crippen LogP contribution in [0.3, 0.4) is 0 Å². The highest BCUT2D eigenvalue weighted by atomic mass is 32.2. The number of anilines is 1. The molecule has 0 fully saturated rings. The Kier molecular flexibility index (Phi) is 7.45. The van der Waals surface area contributed by atoms with Gasteiger partial charge in [0.15, 0.2) is 11.5 Å². The molecule has 0 saturated carbocycles. The topological polar surface area (TPSA) is 94.2 Å². The second-order valence-corrected chi connectivity index (χ2v) is 9.92. The first kappa shape index (κ1) is 24.4. The predicted octanol–water partition coefficient (Wildman–Crippen LogP) is 3.55. The van der Waals surface area contributed by atoms with Crippen LogP contribution in [0.4, 0.5) is 5.69 Å². The first-order valence-corrected chi connectivity index (χ1v) is 12.8. The molecule has 0 bridgehead atoms. The molecule has 0 saturated heterocycles. The van der Waals surface area contributed by atoms with Crippen LogP contribution in [0.1, 0.15) is 12.5 Å². The summed E-state index contributed by atoms with van der Waals surface area (Å²) in [6, 6.07) is 20.4. The number of amides is 1. The fourth-order valence-electron chi connectivity index (χ4n) is 3.61. The number of para-hydroxylation sites is 2. The summed E-state index contributed by atoms with van der Waals surface area (Å²) >= 11 is 0. The maximum atomic E-state index is 13.5. The lowest BCUT2D eigenvalue weighted by molar-refractivity contribution is -0.120. The normalized spacial score (nSPS) is 14.7. The van der Waals surface area contributed by atoms with Gasteiger partial charge in [0, 0.05) is 0 Å². The molecule has 0 aromatic heterocycles. The highest BCUT2D eigenvalue weighted by Gasteiger charge is 2.28. The Bertz CT molecular complexity index is 1260. The van der Waals surface area contributed by atoms with Crippen molar-refractivity contribution >= 4 is 21.6 Å². The zero-order valence-electron chi connectivity index (χ0n) is 19.6. The molecule has 0 unspecified atom stereocenters. The molecule has 8 nitrogen and oxygen atoms in total. The third kappa shape index (κ3) is 5.86. The summed E-state index contributed by atoms with van der Waals surface area (Å²) in [4.78, 5) is 13.0. The van der Waals surface area contributed by atoms with Crippen LogP contribution < -0.4 is 23.8 Å². The average Bonchev–Trinajstić information content (AvgIpc) is 2.87. The van der Waals surface area contributed by atoms with Gasteiger partial charge in [-0.3, -0.25) is 9.10 Å². The van der Waals surface area contributed by atoms with Gasteiger partial charge in [0.25, 0.3) is 10.0 Å². The molecule has 0 spiro atoms. The lowest BCUT2D eigenvalue weighted by Crippen LogP contribution is -2.45. The molecule has 1 heterocycles. The van der Waals surface area contributed by atoms with E-state index < -0.39 is 22.5 Å². The van der Waals surface area contributed by atoms with Gasteiger partial charge in [0.05, 0.1) is 23.7 Å². The molecular weight excluding hydrogens is 468 g/mol. The molecule has 3 aromatic rings. The van der Waals surface area contributed by atoms with Crippen LogP contribution in [0.2, 0.25) is 0 Å². The molecule has 9 heteroatoms. The number of ether oxygens (including phenoxy) is 3. The summed E-state index contributed by atoms with van der Waals surface area (Å²) in [5.41, 5.74) is 1.29. The second kappa shape index (κ2) is 10.7. The first-order chi connectivity index (χ1) is 16.9. The number of carbonyl (C=O) groups excluding carboxylic acids is 1. The van der Waals surface area contributed by atoms with Gasteiger partial charge >= 0.3 is 0 Å². The molecule has 35 heavy (non-hydrogen) atoms. The number of fused-ring (bicyclic) bond motifs is 1. The Morgan fingerprint density at radius 2 is 1.71 bits per heavy atom. The summed E-state index contributed by atoms with van der Waals surface area (Å²) in [6.45, 7) is 4.30. The zero-order valence-corrected chi connectivity index (χ0v) is 20.5. The van der Waals surface area contributed by atoms with Crippen molar-refractivity contribution in [1.82, 2.24) is 5.32 Å². The lowest BCUT2D eigenvalue weighted by atomic mass is 10.2. The van der Waals surface area contributed by atoms with E-state index in [1.54, 1.807) is 42.5 Å². The first-order valence-electron chi connectivity index (χ1n) is 11.3. The number of nitrogens with zero attached hydrogens (tertiary/aromatic N) is 1. The van der Waals surface area contributed by atoms with Crippen molar-refractivity contribution in [2.24, 2.45) is 0 Å². The maximum Gasteiger partial charge on any atom is 0.264 e. The van der Waals surface area contributed by atoms with Crippen molar-refractivity contribution in [3.63, 3.8) is 0 Å². The number of hydrogen-bond acceptors (Lipinski definition) is 6. The third-order valence-corrected chi connectivity index (χ3v) is 7.21. The van der Waals surface area contributed by atoms with Crippen molar-refractivity contribution in [1.29, 1.82) is 0 Å². The van der Waals surface area contributed by atoms with Crippen LogP contribution in [0.15, 0.2) is 77.7 Å². The van der Waals surface area contributed by atoms with E-state index in [1.807, 2.05) is 32.0 Å². The van der Waals surface area contributed by atoms with Crippen molar-refractivity contribution in [3.8, 4) is 17.2 Å². The zero-order chi connectivity index (χ0) is 24.8. The molecule has 1 amide bonds. The minimum absolute atomic E-state index is 0.102. The van der Waals surface area contributed by atoms with Crippen molar-refractivity contribution in [3.05, 3.63) is 78.4 Å². The average molecular weight is 497 g/mol. The number of sulfonamides is 1. The van der Waals surface area contributed by atoms with Crippen molar-refractivity contribution in [2.75, 3.05) is 30.6 Å². The van der Waals surface area contributed by atoms with Gasteiger partial charge in [-0.15, -0.1) is 0 Å². The minimum atomic E-state index is -4.00. The van der Waals surface area contributed by atoms with Crippen LogP contribution in [0.25, 0.3) is 0 Å². The highest BCUT2D eigenvalue weighted by Crippen LogP contribution is 2.31. The summed E-state index contributed by atoms with van der Waals surface area (Å²) in [7, 11) is -4.00. The van der Waals surface area contributed by atoms with Crippen molar-refractivity contribution < 1.29 is 27.4 Å². The van der Waals surface area contributed by atoms with Crippen LogP contribution in [-0.4, -0.2) is 46.7 Å². The van der Waals surface area contributed by atoms with Crippen LogP contribution >= 0.6 is 0 Å². The Hall–Kier alpha value is -3.72. The third-order valence-electron chi connectivity index (χ3n) is 5.43. The smallest absolute Gasteiger partial charge is 0.264 e. The quantitative estimate of drug-likeness (QED) is 0.487. The van der Waals surface area contributed by atoms with Gasteiger partial charge in [-0.25, -0.2) is 8.42 Å². The van der Waals surface area contributed by atoms with E-state index in [9.17, 15) is 13.2 Å². The Morgan fingerprint density at radius 3 is 2.40 bits per heavy atom. The molecule has 1 N–H and O–H groups in total. The molecule has 184 valence electrons. The Morgan fingerprint density at radius 1 is 1.03 bits per heavy atom. The Balaban J connectivity index is 1.50. The fraction of sp³-hybridized carbons (Fsp3) is 0.269. The van der Waals surface area contributed by atoms with Gasteiger partial charge in [0.1, 0.15) is 25.0 Å². The number of aryl methyl sites for hydroxylation is 1. The molecule has 1 atom stereocenters. The largest absolute Gasteiger partial charge is 0.494 e. The molecule has 1 aliphatic rings. The maximum absolute atomic E-state index is 13.5.